The van der Waals surface area contributed by atoms with Crippen LogP contribution in [0.4, 0.5) is 5.69 Å². The summed E-state index contributed by atoms with van der Waals surface area (Å²) in [6.07, 6.45) is 3.62. The Hall–Kier alpha value is -3.08. The zero-order valence-electron chi connectivity index (χ0n) is 14.2. The van der Waals surface area contributed by atoms with Crippen molar-refractivity contribution in [2.45, 2.75) is 19.3 Å². The largest absolute Gasteiger partial charge is 0.422 e. The second kappa shape index (κ2) is 5.73. The Kier molecular flexibility index (Phi) is 3.35. The first kappa shape index (κ1) is 15.2. The van der Waals surface area contributed by atoms with Gasteiger partial charge in [-0.15, -0.1) is 0 Å². The Labute approximate surface area is 150 Å². The van der Waals surface area contributed by atoms with E-state index < -0.39 is 11.9 Å². The van der Waals surface area contributed by atoms with Crippen molar-refractivity contribution in [3.8, 4) is 5.75 Å². The molecule has 0 aliphatic carbocycles. The third kappa shape index (κ3) is 2.24. The molecule has 0 amide bonds. The second-order valence-corrected chi connectivity index (χ2v) is 6.76. The van der Waals surface area contributed by atoms with Gasteiger partial charge in [-0.3, -0.25) is 0 Å². The predicted molar refractivity (Wildman–Crippen MR) is 96.8 cm³/mol. The molecule has 0 spiro atoms. The fourth-order valence-corrected chi connectivity index (χ4v) is 3.87. The van der Waals surface area contributed by atoms with Gasteiger partial charge in [-0.25, -0.2) is 9.59 Å². The highest BCUT2D eigenvalue weighted by atomic mass is 16.6. The molecule has 130 valence electrons. The minimum atomic E-state index is -0.477. The molecule has 0 atom stereocenters. The Morgan fingerprint density at radius 1 is 0.769 bits per heavy atom. The summed E-state index contributed by atoms with van der Waals surface area (Å²) in [7, 11) is 0. The van der Waals surface area contributed by atoms with Crippen LogP contribution in [-0.4, -0.2) is 25.0 Å². The molecule has 1 fully saturated rings. The average Bonchev–Trinajstić information content (AvgIpc) is 3.18. The average molecular weight is 347 g/mol. The first-order valence-corrected chi connectivity index (χ1v) is 8.90. The molecule has 0 aromatic heterocycles. The van der Waals surface area contributed by atoms with Crippen LogP contribution in [0, 0.1) is 0 Å². The van der Waals surface area contributed by atoms with Gasteiger partial charge in [0.05, 0.1) is 5.56 Å². The van der Waals surface area contributed by atoms with Gasteiger partial charge in [0.25, 0.3) is 0 Å². The van der Waals surface area contributed by atoms with Crippen LogP contribution in [0.15, 0.2) is 42.5 Å². The first-order chi connectivity index (χ1) is 12.7. The normalized spacial score (nSPS) is 21.3. The molecule has 5 heteroatoms. The van der Waals surface area contributed by atoms with E-state index in [2.05, 4.69) is 4.90 Å². The van der Waals surface area contributed by atoms with Crippen molar-refractivity contribution in [2.24, 2.45) is 0 Å². The number of benzene rings is 2. The van der Waals surface area contributed by atoms with Crippen molar-refractivity contribution in [3.63, 3.8) is 0 Å². The zero-order chi connectivity index (χ0) is 17.7. The number of hydrogen-bond acceptors (Lipinski definition) is 5. The molecule has 0 unspecified atom stereocenters. The Balaban J connectivity index is 1.60. The monoisotopic (exact) mass is 347 g/mol. The third-order valence-corrected chi connectivity index (χ3v) is 5.18. The fraction of sp³-hybridized carbons (Fsp3) is 0.238. The maximum absolute atomic E-state index is 12.5. The SMILES string of the molecule is O=C1Oc2cc(N3CCCCC3)ccc2/C1=C1\OC(=O)c2ccccc21. The molecular formula is C21H17NO4. The lowest BCUT2D eigenvalue weighted by molar-refractivity contribution is -0.126. The van der Waals surface area contributed by atoms with Gasteiger partial charge >= 0.3 is 11.9 Å². The Morgan fingerprint density at radius 3 is 2.35 bits per heavy atom. The smallest absolute Gasteiger partial charge is 0.348 e. The molecule has 3 heterocycles. The van der Waals surface area contributed by atoms with Crippen LogP contribution in [0.3, 0.4) is 0 Å². The molecule has 3 aliphatic rings. The summed E-state index contributed by atoms with van der Waals surface area (Å²) in [5.41, 5.74) is 3.17. The summed E-state index contributed by atoms with van der Waals surface area (Å²) in [5, 5.41) is 0. The van der Waals surface area contributed by atoms with Crippen molar-refractivity contribution in [3.05, 3.63) is 59.2 Å². The van der Waals surface area contributed by atoms with E-state index >= 15 is 0 Å². The fourth-order valence-electron chi connectivity index (χ4n) is 3.87. The van der Waals surface area contributed by atoms with Crippen LogP contribution < -0.4 is 9.64 Å². The minimum absolute atomic E-state index is 0.292. The van der Waals surface area contributed by atoms with Crippen LogP contribution in [0.25, 0.3) is 11.3 Å². The molecule has 2 aromatic rings. The summed E-state index contributed by atoms with van der Waals surface area (Å²) in [5.74, 6) is -0.0920. The highest BCUT2D eigenvalue weighted by Crippen LogP contribution is 2.44. The van der Waals surface area contributed by atoms with Crippen LogP contribution in [0.5, 0.6) is 5.75 Å². The molecule has 0 radical (unpaired) electrons. The van der Waals surface area contributed by atoms with Gasteiger partial charge in [-0.05, 0) is 37.5 Å². The van der Waals surface area contributed by atoms with Gasteiger partial charge in [0.2, 0.25) is 0 Å². The van der Waals surface area contributed by atoms with Gasteiger partial charge < -0.3 is 14.4 Å². The molecule has 1 saturated heterocycles. The van der Waals surface area contributed by atoms with Crippen LogP contribution in [0.2, 0.25) is 0 Å². The van der Waals surface area contributed by atoms with Crippen molar-refractivity contribution >= 4 is 29.0 Å². The molecule has 0 saturated carbocycles. The molecule has 5 rings (SSSR count). The number of esters is 2. The summed E-state index contributed by atoms with van der Waals surface area (Å²) < 4.78 is 10.9. The molecule has 0 N–H and O–H groups in total. The maximum atomic E-state index is 12.5. The van der Waals surface area contributed by atoms with E-state index in [1.165, 1.54) is 19.3 Å². The molecule has 26 heavy (non-hydrogen) atoms. The van der Waals surface area contributed by atoms with Crippen molar-refractivity contribution in [2.75, 3.05) is 18.0 Å². The Bertz CT molecular complexity index is 970. The van der Waals surface area contributed by atoms with Gasteiger partial charge in [-0.1, -0.05) is 18.2 Å². The van der Waals surface area contributed by atoms with Gasteiger partial charge in [-0.2, -0.15) is 0 Å². The lowest BCUT2D eigenvalue weighted by atomic mass is 10.00. The molecule has 2 aromatic carbocycles. The van der Waals surface area contributed by atoms with Crippen LogP contribution in [0.1, 0.15) is 40.7 Å². The van der Waals surface area contributed by atoms with Gasteiger partial charge in [0.1, 0.15) is 11.3 Å². The summed E-state index contributed by atoms with van der Waals surface area (Å²) in [6, 6.07) is 12.9. The number of cyclic esters (lactones) is 1. The molecule has 5 nitrogen and oxygen atoms in total. The van der Waals surface area contributed by atoms with E-state index in [0.717, 1.165) is 18.8 Å². The topological polar surface area (TPSA) is 55.8 Å². The quantitative estimate of drug-likeness (QED) is 0.448. The number of ether oxygens (including phenoxy) is 2. The third-order valence-electron chi connectivity index (χ3n) is 5.18. The number of carbonyl (C=O) groups excluding carboxylic acids is 2. The van der Waals surface area contributed by atoms with E-state index in [0.29, 0.717) is 33.8 Å². The number of hydrogen-bond donors (Lipinski definition) is 0. The standard InChI is InChI=1S/C21H17NO4/c23-20-15-7-3-2-6-14(15)19(26-20)18-16-9-8-13(12-17(16)25-21(18)24)22-10-4-1-5-11-22/h2-3,6-9,12H,1,4-5,10-11H2/b19-18+. The number of fused-ring (bicyclic) bond motifs is 2. The van der Waals surface area contributed by atoms with Crippen molar-refractivity contribution in [1.82, 2.24) is 0 Å². The number of carbonyl (C=O) groups is 2. The molecular weight excluding hydrogens is 330 g/mol. The maximum Gasteiger partial charge on any atom is 0.348 e. The number of anilines is 1. The van der Waals surface area contributed by atoms with E-state index in [-0.39, 0.29) is 0 Å². The summed E-state index contributed by atoms with van der Waals surface area (Å²) in [6.45, 7) is 2.04. The van der Waals surface area contributed by atoms with Crippen LogP contribution in [-0.2, 0) is 9.53 Å². The highest BCUT2D eigenvalue weighted by molar-refractivity contribution is 6.30. The zero-order valence-corrected chi connectivity index (χ0v) is 14.2. The summed E-state index contributed by atoms with van der Waals surface area (Å²) in [4.78, 5) is 26.9. The van der Waals surface area contributed by atoms with E-state index in [1.54, 1.807) is 18.2 Å². The number of piperidine rings is 1. The van der Waals surface area contributed by atoms with E-state index in [1.807, 2.05) is 24.3 Å². The predicted octanol–water partition coefficient (Wildman–Crippen LogP) is 3.63. The molecule has 3 aliphatic heterocycles. The lowest BCUT2D eigenvalue weighted by Crippen LogP contribution is -2.29. The number of rotatable bonds is 1. The Morgan fingerprint density at radius 2 is 1.54 bits per heavy atom. The van der Waals surface area contributed by atoms with E-state index in [9.17, 15) is 9.59 Å². The first-order valence-electron chi connectivity index (χ1n) is 8.90. The van der Waals surface area contributed by atoms with Crippen molar-refractivity contribution < 1.29 is 19.1 Å². The highest BCUT2D eigenvalue weighted by Gasteiger charge is 2.37. The van der Waals surface area contributed by atoms with Crippen molar-refractivity contribution in [1.29, 1.82) is 0 Å². The number of nitrogens with zero attached hydrogens (tertiary/aromatic N) is 1. The lowest BCUT2D eigenvalue weighted by Gasteiger charge is -2.28. The molecule has 0 bridgehead atoms. The summed E-state index contributed by atoms with van der Waals surface area (Å²) >= 11 is 0. The van der Waals surface area contributed by atoms with Gasteiger partial charge in [0, 0.05) is 36.0 Å². The minimum Gasteiger partial charge on any atom is -0.422 e. The van der Waals surface area contributed by atoms with E-state index in [4.69, 9.17) is 9.47 Å². The van der Waals surface area contributed by atoms with Crippen LogP contribution >= 0.6 is 0 Å². The van der Waals surface area contributed by atoms with Gasteiger partial charge in [0.15, 0.2) is 5.76 Å². The second-order valence-electron chi connectivity index (χ2n) is 6.76.